The smallest absolute Gasteiger partial charge is 0.123 e. The molecule has 27 heavy (non-hydrogen) atoms. The van der Waals surface area contributed by atoms with E-state index in [-0.39, 0.29) is 11.9 Å². The minimum atomic E-state index is -0.174. The molecule has 1 aliphatic heterocycles. The van der Waals surface area contributed by atoms with Crippen molar-refractivity contribution >= 4 is 11.9 Å². The minimum absolute atomic E-state index is 0.174. The zero-order valence-electron chi connectivity index (χ0n) is 16.0. The van der Waals surface area contributed by atoms with Crippen LogP contribution in [0.1, 0.15) is 42.5 Å². The first-order chi connectivity index (χ1) is 13.3. The fourth-order valence-electron chi connectivity index (χ4n) is 3.42. The van der Waals surface area contributed by atoms with Gasteiger partial charge in [-0.2, -0.15) is 0 Å². The van der Waals surface area contributed by atoms with Gasteiger partial charge in [0, 0.05) is 18.3 Å². The first-order valence-electron chi connectivity index (χ1n) is 9.84. The molecule has 0 aliphatic carbocycles. The van der Waals surface area contributed by atoms with E-state index in [1.807, 2.05) is 6.07 Å². The number of ether oxygens (including phenoxy) is 1. The third kappa shape index (κ3) is 6.23. The number of benzene rings is 2. The molecule has 5 heteroatoms. The summed E-state index contributed by atoms with van der Waals surface area (Å²) in [5, 5.41) is 3.63. The molecule has 0 spiro atoms. The lowest BCUT2D eigenvalue weighted by atomic mass is 9.94. The maximum atomic E-state index is 13.6. The maximum absolute atomic E-state index is 13.6. The van der Waals surface area contributed by atoms with Crippen LogP contribution in [0.5, 0.6) is 5.75 Å². The minimum Gasteiger partial charge on any atom is -0.492 e. The van der Waals surface area contributed by atoms with Gasteiger partial charge in [0.05, 0.1) is 0 Å². The van der Waals surface area contributed by atoms with Gasteiger partial charge < -0.3 is 10.1 Å². The Morgan fingerprint density at radius 1 is 1.26 bits per heavy atom. The van der Waals surface area contributed by atoms with E-state index in [0.29, 0.717) is 6.61 Å². The molecule has 3 rings (SSSR count). The van der Waals surface area contributed by atoms with E-state index < -0.39 is 0 Å². The average molecular weight is 389 g/mol. The lowest BCUT2D eigenvalue weighted by Gasteiger charge is -2.20. The number of hydrogen-bond acceptors (Lipinski definition) is 4. The molecular formula is C22H29FN2OS. The molecule has 0 fully saturated rings. The van der Waals surface area contributed by atoms with Gasteiger partial charge in [-0.05, 0) is 73.2 Å². The molecule has 1 aliphatic rings. The van der Waals surface area contributed by atoms with Crippen LogP contribution in [0.3, 0.4) is 0 Å². The van der Waals surface area contributed by atoms with Gasteiger partial charge in [0.25, 0.3) is 0 Å². The molecule has 2 aromatic rings. The predicted molar refractivity (Wildman–Crippen MR) is 112 cm³/mol. The van der Waals surface area contributed by atoms with Crippen molar-refractivity contribution in [3.8, 4) is 5.75 Å². The summed E-state index contributed by atoms with van der Waals surface area (Å²) in [5.41, 5.74) is 3.66. The molecule has 1 atom stereocenters. The molecule has 0 radical (unpaired) electrons. The summed E-state index contributed by atoms with van der Waals surface area (Å²) >= 11 is 1.75. The maximum Gasteiger partial charge on any atom is 0.123 e. The molecule has 0 saturated carbocycles. The van der Waals surface area contributed by atoms with Crippen LogP contribution in [0.4, 0.5) is 4.39 Å². The van der Waals surface area contributed by atoms with Crippen LogP contribution in [-0.2, 0) is 12.8 Å². The van der Waals surface area contributed by atoms with Gasteiger partial charge in [-0.25, -0.2) is 4.39 Å². The van der Waals surface area contributed by atoms with Gasteiger partial charge in [0.2, 0.25) is 0 Å². The summed E-state index contributed by atoms with van der Waals surface area (Å²) in [6, 6.07) is 13.5. The SMILES string of the molecule is CCCSNCCOc1ccc2c(c1)C(Cc1cccc(F)c1)NCCC2. The quantitative estimate of drug-likeness (QED) is 0.483. The lowest BCUT2D eigenvalue weighted by molar-refractivity contribution is 0.323. The van der Waals surface area contributed by atoms with Gasteiger partial charge >= 0.3 is 0 Å². The highest BCUT2D eigenvalue weighted by atomic mass is 32.2. The van der Waals surface area contributed by atoms with E-state index in [1.165, 1.54) is 23.6 Å². The van der Waals surface area contributed by atoms with Crippen LogP contribution in [0.2, 0.25) is 0 Å². The van der Waals surface area contributed by atoms with Gasteiger partial charge in [0.1, 0.15) is 18.2 Å². The van der Waals surface area contributed by atoms with Crippen LogP contribution in [-0.4, -0.2) is 25.4 Å². The molecule has 146 valence electrons. The third-order valence-corrected chi connectivity index (χ3v) is 5.74. The first kappa shape index (κ1) is 20.2. The standard InChI is InChI=1S/C22H29FN2OS/c1-2-13-27-25-11-12-26-20-9-8-18-6-4-10-24-22(21(18)16-20)15-17-5-3-7-19(23)14-17/h3,5,7-9,14,16,22,24-25H,2,4,6,10-13,15H2,1H3. The van der Waals surface area contributed by atoms with Crippen molar-refractivity contribution in [2.24, 2.45) is 0 Å². The Hall–Kier alpha value is -1.56. The van der Waals surface area contributed by atoms with Crippen LogP contribution in [0.15, 0.2) is 42.5 Å². The molecule has 1 heterocycles. The van der Waals surface area contributed by atoms with Crippen molar-refractivity contribution < 1.29 is 9.13 Å². The summed E-state index contributed by atoms with van der Waals surface area (Å²) in [7, 11) is 0. The van der Waals surface area contributed by atoms with Gasteiger partial charge in [-0.3, -0.25) is 4.72 Å². The van der Waals surface area contributed by atoms with Crippen LogP contribution in [0.25, 0.3) is 0 Å². The second kappa shape index (κ2) is 10.7. The van der Waals surface area contributed by atoms with E-state index in [9.17, 15) is 4.39 Å². The second-order valence-corrected chi connectivity index (χ2v) is 7.88. The number of aryl methyl sites for hydroxylation is 1. The van der Waals surface area contributed by atoms with Crippen molar-refractivity contribution in [1.82, 2.24) is 10.0 Å². The first-order valence-corrected chi connectivity index (χ1v) is 10.8. The molecule has 0 saturated heterocycles. The zero-order valence-corrected chi connectivity index (χ0v) is 16.8. The van der Waals surface area contributed by atoms with Crippen molar-refractivity contribution in [3.63, 3.8) is 0 Å². The monoisotopic (exact) mass is 388 g/mol. The fraction of sp³-hybridized carbons (Fsp3) is 0.455. The molecule has 0 aromatic heterocycles. The highest BCUT2D eigenvalue weighted by Gasteiger charge is 2.19. The van der Waals surface area contributed by atoms with E-state index in [1.54, 1.807) is 24.1 Å². The summed E-state index contributed by atoms with van der Waals surface area (Å²) in [5.74, 6) is 1.85. The Balaban J connectivity index is 1.66. The Morgan fingerprint density at radius 3 is 3.04 bits per heavy atom. The van der Waals surface area contributed by atoms with Crippen molar-refractivity contribution in [2.75, 3.05) is 25.4 Å². The van der Waals surface area contributed by atoms with Gasteiger partial charge in [-0.1, -0.05) is 37.1 Å². The molecule has 0 amide bonds. The second-order valence-electron chi connectivity index (χ2n) is 6.90. The largest absolute Gasteiger partial charge is 0.492 e. The molecule has 1 unspecified atom stereocenters. The highest BCUT2D eigenvalue weighted by Crippen LogP contribution is 2.29. The Bertz CT molecular complexity index is 725. The summed E-state index contributed by atoms with van der Waals surface area (Å²) in [4.78, 5) is 0. The van der Waals surface area contributed by atoms with Gasteiger partial charge in [0.15, 0.2) is 0 Å². The summed E-state index contributed by atoms with van der Waals surface area (Å²) in [6.45, 7) is 4.63. The molecule has 2 N–H and O–H groups in total. The fourth-order valence-corrected chi connectivity index (χ4v) is 3.99. The van der Waals surface area contributed by atoms with E-state index >= 15 is 0 Å². The molecule has 0 bridgehead atoms. The van der Waals surface area contributed by atoms with E-state index in [0.717, 1.165) is 49.4 Å². The normalized spacial score (nSPS) is 16.6. The zero-order chi connectivity index (χ0) is 18.9. The van der Waals surface area contributed by atoms with Gasteiger partial charge in [-0.15, -0.1) is 0 Å². The Kier molecular flexibility index (Phi) is 7.99. The van der Waals surface area contributed by atoms with Crippen LogP contribution in [0, 0.1) is 5.82 Å². The highest BCUT2D eigenvalue weighted by molar-refractivity contribution is 7.97. The Labute approximate surface area is 166 Å². The topological polar surface area (TPSA) is 33.3 Å². The number of halogens is 1. The predicted octanol–water partition coefficient (Wildman–Crippen LogP) is 4.67. The lowest BCUT2D eigenvalue weighted by Crippen LogP contribution is -2.23. The average Bonchev–Trinajstić information content (AvgIpc) is 2.87. The van der Waals surface area contributed by atoms with Crippen LogP contribution >= 0.6 is 11.9 Å². The van der Waals surface area contributed by atoms with E-state index in [4.69, 9.17) is 4.74 Å². The van der Waals surface area contributed by atoms with Crippen LogP contribution < -0.4 is 14.8 Å². The third-order valence-electron chi connectivity index (χ3n) is 4.72. The summed E-state index contributed by atoms with van der Waals surface area (Å²) < 4.78 is 22.8. The molecule has 2 aromatic carbocycles. The van der Waals surface area contributed by atoms with E-state index in [2.05, 4.69) is 35.2 Å². The number of nitrogens with one attached hydrogen (secondary N) is 2. The molecule has 3 nitrogen and oxygen atoms in total. The number of hydrogen-bond donors (Lipinski definition) is 2. The van der Waals surface area contributed by atoms with Crippen molar-refractivity contribution in [3.05, 3.63) is 65.0 Å². The number of rotatable bonds is 9. The summed E-state index contributed by atoms with van der Waals surface area (Å²) in [6.07, 6.45) is 4.13. The Morgan fingerprint density at radius 2 is 2.19 bits per heavy atom. The van der Waals surface area contributed by atoms with Crippen molar-refractivity contribution in [1.29, 1.82) is 0 Å². The molecular weight excluding hydrogens is 359 g/mol. The number of fused-ring (bicyclic) bond motifs is 1. The van der Waals surface area contributed by atoms with Crippen molar-refractivity contribution in [2.45, 2.75) is 38.6 Å².